The molecule has 2 aromatic rings. The van der Waals surface area contributed by atoms with Crippen molar-refractivity contribution in [2.24, 2.45) is 0 Å². The molecule has 3 nitrogen and oxygen atoms in total. The van der Waals surface area contributed by atoms with E-state index in [9.17, 15) is 17.6 Å². The number of aromatic nitrogens is 1. The number of anilines is 2. The van der Waals surface area contributed by atoms with Crippen LogP contribution in [0.5, 0.6) is 0 Å². The second-order valence-corrected chi connectivity index (χ2v) is 4.57. The molecule has 1 heterocycles. The number of nitrogens with two attached hydrogens (primary N) is 1. The number of hydrogen-bond acceptors (Lipinski definition) is 3. The maximum atomic E-state index is 12.9. The molecule has 0 aliphatic heterocycles. The number of alkyl halides is 3. The van der Waals surface area contributed by atoms with E-state index in [1.165, 1.54) is 12.1 Å². The number of nitrogens with zero attached hydrogens (tertiary/aromatic N) is 1. The summed E-state index contributed by atoms with van der Waals surface area (Å²) in [4.78, 5) is 3.26. The molecule has 0 bridgehead atoms. The Balaban J connectivity index is 2.24. The molecule has 112 valence electrons. The SMILES string of the molecule is CC(Nc1cc(C(F)(F)F)ncc1N)c1ccc(F)cc1. The van der Waals surface area contributed by atoms with Gasteiger partial charge in [0.15, 0.2) is 0 Å². The van der Waals surface area contributed by atoms with Gasteiger partial charge < -0.3 is 11.1 Å². The van der Waals surface area contributed by atoms with Gasteiger partial charge in [0.2, 0.25) is 0 Å². The minimum absolute atomic E-state index is 0.108. The van der Waals surface area contributed by atoms with E-state index in [0.29, 0.717) is 0 Å². The van der Waals surface area contributed by atoms with Crippen molar-refractivity contribution in [1.29, 1.82) is 0 Å². The summed E-state index contributed by atoms with van der Waals surface area (Å²) in [7, 11) is 0. The molecule has 0 spiro atoms. The zero-order chi connectivity index (χ0) is 15.6. The molecule has 1 atom stereocenters. The molecule has 1 aromatic heterocycles. The minimum atomic E-state index is -4.54. The van der Waals surface area contributed by atoms with Gasteiger partial charge in [-0.25, -0.2) is 9.37 Å². The fourth-order valence-corrected chi connectivity index (χ4v) is 1.81. The summed E-state index contributed by atoms with van der Waals surface area (Å²) in [5, 5.41) is 2.87. The average Bonchev–Trinajstić information content (AvgIpc) is 2.40. The molecule has 1 unspecified atom stereocenters. The van der Waals surface area contributed by atoms with Gasteiger partial charge in [0.05, 0.1) is 17.6 Å². The largest absolute Gasteiger partial charge is 0.433 e. The predicted molar refractivity (Wildman–Crippen MR) is 72.1 cm³/mol. The van der Waals surface area contributed by atoms with Crippen LogP contribution in [-0.2, 0) is 6.18 Å². The van der Waals surface area contributed by atoms with E-state index in [0.717, 1.165) is 17.8 Å². The Kier molecular flexibility index (Phi) is 4.02. The topological polar surface area (TPSA) is 50.9 Å². The van der Waals surface area contributed by atoms with Gasteiger partial charge in [0.1, 0.15) is 11.5 Å². The first kappa shape index (κ1) is 15.1. The number of rotatable bonds is 3. The smallest absolute Gasteiger partial charge is 0.396 e. The highest BCUT2D eigenvalue weighted by Crippen LogP contribution is 2.32. The molecule has 0 amide bonds. The van der Waals surface area contributed by atoms with Crippen molar-refractivity contribution in [3.8, 4) is 0 Å². The van der Waals surface area contributed by atoms with Crippen LogP contribution in [-0.4, -0.2) is 4.98 Å². The van der Waals surface area contributed by atoms with Gasteiger partial charge in [-0.05, 0) is 30.7 Å². The molecular weight excluding hydrogens is 286 g/mol. The molecular formula is C14H13F4N3. The van der Waals surface area contributed by atoms with Crippen LogP contribution in [0.3, 0.4) is 0 Å². The molecule has 0 fully saturated rings. The van der Waals surface area contributed by atoms with Crippen molar-refractivity contribution in [1.82, 2.24) is 4.98 Å². The van der Waals surface area contributed by atoms with Gasteiger partial charge in [-0.3, -0.25) is 0 Å². The number of nitrogen functional groups attached to an aromatic ring is 1. The highest BCUT2D eigenvalue weighted by molar-refractivity contribution is 5.66. The molecule has 7 heteroatoms. The van der Waals surface area contributed by atoms with Crippen LogP contribution in [0.1, 0.15) is 24.2 Å². The normalized spacial score (nSPS) is 13.0. The van der Waals surface area contributed by atoms with Crippen molar-refractivity contribution in [2.75, 3.05) is 11.1 Å². The zero-order valence-corrected chi connectivity index (χ0v) is 11.1. The van der Waals surface area contributed by atoms with Crippen LogP contribution < -0.4 is 11.1 Å². The molecule has 3 N–H and O–H groups in total. The number of hydrogen-bond donors (Lipinski definition) is 2. The molecule has 0 radical (unpaired) electrons. The number of pyridine rings is 1. The van der Waals surface area contributed by atoms with E-state index in [2.05, 4.69) is 10.3 Å². The summed E-state index contributed by atoms with van der Waals surface area (Å²) >= 11 is 0. The average molecular weight is 299 g/mol. The Labute approximate surface area is 118 Å². The molecule has 21 heavy (non-hydrogen) atoms. The lowest BCUT2D eigenvalue weighted by molar-refractivity contribution is -0.141. The number of benzene rings is 1. The Morgan fingerprint density at radius 1 is 1.19 bits per heavy atom. The second-order valence-electron chi connectivity index (χ2n) is 4.57. The van der Waals surface area contributed by atoms with Gasteiger partial charge in [-0.15, -0.1) is 0 Å². The molecule has 0 saturated heterocycles. The van der Waals surface area contributed by atoms with E-state index in [-0.39, 0.29) is 23.2 Å². The van der Waals surface area contributed by atoms with Gasteiger partial charge in [-0.1, -0.05) is 12.1 Å². The fourth-order valence-electron chi connectivity index (χ4n) is 1.81. The molecule has 0 aliphatic rings. The highest BCUT2D eigenvalue weighted by Gasteiger charge is 2.33. The third-order valence-electron chi connectivity index (χ3n) is 2.97. The Bertz CT molecular complexity index is 623. The Morgan fingerprint density at radius 3 is 2.38 bits per heavy atom. The third-order valence-corrected chi connectivity index (χ3v) is 2.97. The van der Waals surface area contributed by atoms with E-state index in [1.807, 2.05) is 0 Å². The summed E-state index contributed by atoms with van der Waals surface area (Å²) in [5.41, 5.74) is 5.57. The first-order valence-electron chi connectivity index (χ1n) is 6.12. The van der Waals surface area contributed by atoms with E-state index in [1.54, 1.807) is 19.1 Å². The first-order valence-corrected chi connectivity index (χ1v) is 6.12. The lowest BCUT2D eigenvalue weighted by Crippen LogP contribution is -2.13. The minimum Gasteiger partial charge on any atom is -0.396 e. The van der Waals surface area contributed by atoms with Gasteiger partial charge in [0.25, 0.3) is 0 Å². The van der Waals surface area contributed by atoms with Crippen molar-refractivity contribution in [3.05, 3.63) is 53.6 Å². The van der Waals surface area contributed by atoms with Crippen LogP contribution >= 0.6 is 0 Å². The fraction of sp³-hybridized carbons (Fsp3) is 0.214. The van der Waals surface area contributed by atoms with Crippen LogP contribution in [0.15, 0.2) is 36.5 Å². The van der Waals surface area contributed by atoms with Gasteiger partial charge in [0, 0.05) is 6.04 Å². The van der Waals surface area contributed by atoms with Crippen LogP contribution in [0, 0.1) is 5.82 Å². The second kappa shape index (κ2) is 5.59. The predicted octanol–water partition coefficient (Wildman–Crippen LogP) is 3.99. The monoisotopic (exact) mass is 299 g/mol. The van der Waals surface area contributed by atoms with Gasteiger partial charge in [-0.2, -0.15) is 13.2 Å². The van der Waals surface area contributed by atoms with Crippen LogP contribution in [0.2, 0.25) is 0 Å². The Hall–Kier alpha value is -2.31. The standard InChI is InChI=1S/C14H13F4N3/c1-8(9-2-4-10(15)5-3-9)21-12-6-13(14(16,17)18)20-7-11(12)19/h2-8H,19H2,1H3,(H,20,21). The molecule has 2 rings (SSSR count). The summed E-state index contributed by atoms with van der Waals surface area (Å²) in [6.07, 6.45) is -3.58. The summed E-state index contributed by atoms with van der Waals surface area (Å²) < 4.78 is 50.7. The number of halogens is 4. The molecule has 1 aromatic carbocycles. The van der Waals surface area contributed by atoms with E-state index in [4.69, 9.17) is 5.73 Å². The third kappa shape index (κ3) is 3.62. The van der Waals surface area contributed by atoms with E-state index >= 15 is 0 Å². The highest BCUT2D eigenvalue weighted by atomic mass is 19.4. The molecule has 0 aliphatic carbocycles. The summed E-state index contributed by atoms with van der Waals surface area (Å²) in [5.74, 6) is -0.381. The first-order chi connectivity index (χ1) is 9.77. The molecule has 0 saturated carbocycles. The van der Waals surface area contributed by atoms with Crippen molar-refractivity contribution in [2.45, 2.75) is 19.1 Å². The zero-order valence-electron chi connectivity index (χ0n) is 11.1. The van der Waals surface area contributed by atoms with Crippen molar-refractivity contribution >= 4 is 11.4 Å². The lowest BCUT2D eigenvalue weighted by atomic mass is 10.1. The Morgan fingerprint density at radius 2 is 1.81 bits per heavy atom. The summed E-state index contributed by atoms with van der Waals surface area (Å²) in [6, 6.07) is 6.19. The lowest BCUT2D eigenvalue weighted by Gasteiger charge is -2.18. The van der Waals surface area contributed by atoms with E-state index < -0.39 is 11.9 Å². The quantitative estimate of drug-likeness (QED) is 0.842. The summed E-state index contributed by atoms with van der Waals surface area (Å²) in [6.45, 7) is 1.74. The van der Waals surface area contributed by atoms with Crippen LogP contribution in [0.25, 0.3) is 0 Å². The maximum Gasteiger partial charge on any atom is 0.433 e. The van der Waals surface area contributed by atoms with Crippen molar-refractivity contribution in [3.63, 3.8) is 0 Å². The van der Waals surface area contributed by atoms with Crippen molar-refractivity contribution < 1.29 is 17.6 Å². The van der Waals surface area contributed by atoms with Crippen LogP contribution in [0.4, 0.5) is 28.9 Å². The number of nitrogens with one attached hydrogen (secondary N) is 1. The van der Waals surface area contributed by atoms with Gasteiger partial charge >= 0.3 is 6.18 Å². The maximum absolute atomic E-state index is 12.9.